The third-order valence-corrected chi connectivity index (χ3v) is 7.37. The Morgan fingerprint density at radius 2 is 2.09 bits per heavy atom. The van der Waals surface area contributed by atoms with Crippen molar-refractivity contribution in [2.45, 2.75) is 51.5 Å². The molecule has 0 saturated carbocycles. The Hall–Kier alpha value is -2.70. The summed E-state index contributed by atoms with van der Waals surface area (Å²) in [5.74, 6) is 0.357. The van der Waals surface area contributed by atoms with Gasteiger partial charge < -0.3 is 15.1 Å². The Labute approximate surface area is 213 Å². The number of aliphatic imine (C=N–C) groups is 2. The summed E-state index contributed by atoms with van der Waals surface area (Å²) in [6.45, 7) is 10.8. The molecule has 35 heavy (non-hydrogen) atoms. The van der Waals surface area contributed by atoms with Gasteiger partial charge in [0.25, 0.3) is 0 Å². The fourth-order valence-electron chi connectivity index (χ4n) is 5.19. The summed E-state index contributed by atoms with van der Waals surface area (Å²) in [5.41, 5.74) is 5.09. The van der Waals surface area contributed by atoms with Gasteiger partial charge in [0.2, 0.25) is 0 Å². The molecule has 0 spiro atoms. The minimum atomic E-state index is -0.252. The Bertz CT molecular complexity index is 1140. The number of hydrogen-bond acceptors (Lipinski definition) is 4. The average molecular weight is 496 g/mol. The Balaban J connectivity index is 1.61. The zero-order chi connectivity index (χ0) is 25.0. The topological polar surface area (TPSA) is 43.2 Å². The molecule has 1 atom stereocenters. The highest BCUT2D eigenvalue weighted by Gasteiger charge is 2.40. The number of nitrogens with zero attached hydrogens (tertiary/aromatic N) is 4. The molecule has 0 radical (unpaired) electrons. The lowest BCUT2D eigenvalue weighted by Gasteiger charge is -2.27. The fraction of sp³-hybridized carbons (Fsp3) is 0.429. The van der Waals surface area contributed by atoms with Gasteiger partial charge in [-0.25, -0.2) is 9.38 Å². The van der Waals surface area contributed by atoms with E-state index in [4.69, 9.17) is 16.6 Å². The first-order chi connectivity index (χ1) is 16.9. The van der Waals surface area contributed by atoms with Gasteiger partial charge in [0.1, 0.15) is 17.5 Å². The van der Waals surface area contributed by atoms with Crippen LogP contribution in [-0.2, 0) is 18.4 Å². The Morgan fingerprint density at radius 1 is 1.29 bits per heavy atom. The van der Waals surface area contributed by atoms with E-state index in [0.717, 1.165) is 62.1 Å². The third kappa shape index (κ3) is 5.44. The minimum absolute atomic E-state index is 0.00376. The van der Waals surface area contributed by atoms with E-state index < -0.39 is 0 Å². The zero-order valence-electron chi connectivity index (χ0n) is 21.0. The SMILES string of the molecule is C=N/C=C(/Cl)C(=NCNc1cc2c(cc1F)CCN(C)C2)N1CC(C)(CCCC)c2ccccc21. The van der Waals surface area contributed by atoms with Crippen LogP contribution in [0.2, 0.25) is 0 Å². The molecule has 7 heteroatoms. The van der Waals surface area contributed by atoms with Crippen molar-refractivity contribution < 1.29 is 4.39 Å². The molecule has 0 saturated heterocycles. The summed E-state index contributed by atoms with van der Waals surface area (Å²) >= 11 is 6.66. The predicted octanol–water partition coefficient (Wildman–Crippen LogP) is 6.33. The maximum absolute atomic E-state index is 14.8. The first-order valence-electron chi connectivity index (χ1n) is 12.3. The van der Waals surface area contributed by atoms with E-state index in [2.05, 4.69) is 65.9 Å². The van der Waals surface area contributed by atoms with Crippen LogP contribution in [0.1, 0.15) is 49.8 Å². The standard InChI is InChI=1S/C28H35ClFN5/c1-5-6-12-28(2)18-35(26-10-8-7-9-22(26)28)27(23(29)16-31-3)33-19-32-25-15-21-17-34(4)13-11-20(21)14-24(25)30/h7-10,14-16,32H,3,5-6,11-13,17-19H2,1-2,4H3/b23-16+,33-27?. The average Bonchev–Trinajstić information content (AvgIpc) is 3.14. The van der Waals surface area contributed by atoms with Gasteiger partial charge in [0.05, 0.1) is 5.69 Å². The van der Waals surface area contributed by atoms with Crippen LogP contribution in [0.25, 0.3) is 0 Å². The lowest BCUT2D eigenvalue weighted by Crippen LogP contribution is -2.36. The maximum Gasteiger partial charge on any atom is 0.150 e. The van der Waals surface area contributed by atoms with E-state index in [-0.39, 0.29) is 17.9 Å². The molecular weight excluding hydrogens is 461 g/mol. The van der Waals surface area contributed by atoms with Gasteiger partial charge in [-0.15, -0.1) is 0 Å². The number of nitrogens with one attached hydrogen (secondary N) is 1. The number of hydrogen-bond donors (Lipinski definition) is 1. The smallest absolute Gasteiger partial charge is 0.150 e. The number of unbranched alkanes of at least 4 members (excludes halogenated alkanes) is 1. The highest BCUT2D eigenvalue weighted by molar-refractivity contribution is 6.45. The van der Waals surface area contributed by atoms with Crippen LogP contribution >= 0.6 is 11.6 Å². The lowest BCUT2D eigenvalue weighted by atomic mass is 9.80. The number of para-hydroxylation sites is 1. The van der Waals surface area contributed by atoms with Gasteiger partial charge >= 0.3 is 0 Å². The number of fused-ring (bicyclic) bond motifs is 2. The van der Waals surface area contributed by atoms with Crippen molar-refractivity contribution in [3.8, 4) is 0 Å². The van der Waals surface area contributed by atoms with E-state index in [1.807, 2.05) is 12.1 Å². The molecule has 0 bridgehead atoms. The summed E-state index contributed by atoms with van der Waals surface area (Å²) in [5, 5.41) is 3.57. The molecule has 4 rings (SSSR count). The van der Waals surface area contributed by atoms with Gasteiger partial charge in [-0.05, 0) is 61.5 Å². The number of likely N-dealkylation sites (N-methyl/N-ethyl adjacent to an activating group) is 1. The molecule has 2 aromatic carbocycles. The van der Waals surface area contributed by atoms with Crippen LogP contribution in [0.5, 0.6) is 0 Å². The zero-order valence-corrected chi connectivity index (χ0v) is 21.7. The highest BCUT2D eigenvalue weighted by atomic mass is 35.5. The van der Waals surface area contributed by atoms with Crippen LogP contribution in [0.3, 0.4) is 0 Å². The van der Waals surface area contributed by atoms with Gasteiger partial charge in [-0.1, -0.05) is 56.5 Å². The van der Waals surface area contributed by atoms with Gasteiger partial charge in [0, 0.05) is 36.9 Å². The summed E-state index contributed by atoms with van der Waals surface area (Å²) in [6.07, 6.45) is 5.76. The number of benzene rings is 2. The van der Waals surface area contributed by atoms with Crippen molar-refractivity contribution in [2.24, 2.45) is 9.98 Å². The van der Waals surface area contributed by atoms with Gasteiger partial charge in [0.15, 0.2) is 5.84 Å². The molecule has 1 N–H and O–H groups in total. The van der Waals surface area contributed by atoms with Crippen molar-refractivity contribution >= 4 is 35.5 Å². The molecule has 2 aromatic rings. The second-order valence-corrected chi connectivity index (χ2v) is 10.2. The summed E-state index contributed by atoms with van der Waals surface area (Å²) < 4.78 is 14.8. The molecule has 186 valence electrons. The minimum Gasteiger partial charge on any atom is -0.364 e. The molecule has 0 aliphatic carbocycles. The van der Waals surface area contributed by atoms with Gasteiger partial charge in [-0.2, -0.15) is 0 Å². The third-order valence-electron chi connectivity index (χ3n) is 7.10. The monoisotopic (exact) mass is 495 g/mol. The quantitative estimate of drug-likeness (QED) is 0.343. The van der Waals surface area contributed by atoms with E-state index >= 15 is 0 Å². The van der Waals surface area contributed by atoms with E-state index in [9.17, 15) is 4.39 Å². The van der Waals surface area contributed by atoms with Crippen LogP contribution in [0.15, 0.2) is 57.6 Å². The maximum atomic E-state index is 14.8. The second-order valence-electron chi connectivity index (χ2n) is 9.83. The van der Waals surface area contributed by atoms with Crippen LogP contribution in [-0.4, -0.2) is 44.3 Å². The molecule has 0 amide bonds. The van der Waals surface area contributed by atoms with Crippen molar-refractivity contribution in [3.63, 3.8) is 0 Å². The summed E-state index contributed by atoms with van der Waals surface area (Å²) in [4.78, 5) is 13.1. The lowest BCUT2D eigenvalue weighted by molar-refractivity contribution is 0.312. The van der Waals surface area contributed by atoms with Crippen LogP contribution in [0, 0.1) is 5.82 Å². The molecule has 2 heterocycles. The largest absolute Gasteiger partial charge is 0.364 e. The first kappa shape index (κ1) is 25.4. The molecule has 2 aliphatic heterocycles. The normalized spacial score (nSPS) is 20.5. The number of amidine groups is 1. The van der Waals surface area contributed by atoms with Crippen molar-refractivity contribution in [2.75, 3.05) is 37.0 Å². The number of rotatable bonds is 8. The fourth-order valence-corrected chi connectivity index (χ4v) is 5.42. The van der Waals surface area contributed by atoms with Gasteiger partial charge in [-0.3, -0.25) is 4.99 Å². The second kappa shape index (κ2) is 10.9. The molecule has 0 aromatic heterocycles. The van der Waals surface area contributed by atoms with E-state index in [1.54, 1.807) is 6.07 Å². The molecule has 1 unspecified atom stereocenters. The summed E-state index contributed by atoms with van der Waals surface area (Å²) in [6, 6.07) is 12.0. The highest BCUT2D eigenvalue weighted by Crippen LogP contribution is 2.44. The molecule has 0 fully saturated rings. The first-order valence-corrected chi connectivity index (χ1v) is 12.7. The Morgan fingerprint density at radius 3 is 2.86 bits per heavy atom. The number of anilines is 2. The van der Waals surface area contributed by atoms with Crippen LogP contribution < -0.4 is 10.2 Å². The van der Waals surface area contributed by atoms with Crippen molar-refractivity contribution in [1.29, 1.82) is 0 Å². The van der Waals surface area contributed by atoms with E-state index in [0.29, 0.717) is 16.6 Å². The molecule has 5 nitrogen and oxygen atoms in total. The Kier molecular flexibility index (Phi) is 7.92. The van der Waals surface area contributed by atoms with E-state index in [1.165, 1.54) is 11.8 Å². The van der Waals surface area contributed by atoms with Crippen molar-refractivity contribution in [3.05, 3.63) is 70.1 Å². The molecule has 2 aliphatic rings. The van der Waals surface area contributed by atoms with Crippen LogP contribution in [0.4, 0.5) is 15.8 Å². The summed E-state index contributed by atoms with van der Waals surface area (Å²) in [7, 11) is 2.08. The number of halogens is 2. The molecular formula is C28H35ClFN5. The van der Waals surface area contributed by atoms with Crippen molar-refractivity contribution in [1.82, 2.24) is 4.90 Å². The predicted molar refractivity (Wildman–Crippen MR) is 147 cm³/mol.